The maximum atomic E-state index is 10.7. The summed E-state index contributed by atoms with van der Waals surface area (Å²) in [5.41, 5.74) is 0.877. The van der Waals surface area contributed by atoms with Crippen molar-refractivity contribution in [2.45, 2.75) is 43.6 Å². The molecular formula is C16H19NOS. The monoisotopic (exact) mass is 273 g/mol. The third-order valence-corrected chi connectivity index (χ3v) is 4.93. The lowest BCUT2D eigenvalue weighted by Crippen LogP contribution is -2.35. The van der Waals surface area contributed by atoms with Crippen molar-refractivity contribution in [1.82, 2.24) is 4.98 Å². The second kappa shape index (κ2) is 5.43. The van der Waals surface area contributed by atoms with E-state index in [1.54, 1.807) is 11.3 Å². The van der Waals surface area contributed by atoms with Gasteiger partial charge in [-0.05, 0) is 37.2 Å². The molecule has 0 amide bonds. The van der Waals surface area contributed by atoms with Gasteiger partial charge in [0.1, 0.15) is 0 Å². The molecule has 1 aromatic carbocycles. The first-order valence-corrected chi connectivity index (χ1v) is 7.79. The molecule has 0 saturated heterocycles. The molecule has 1 fully saturated rings. The SMILES string of the molecule is OC1(Cc2nccs2)CCC(c2ccccc2)CC1. The van der Waals surface area contributed by atoms with Crippen LogP contribution in [0.25, 0.3) is 0 Å². The first-order valence-electron chi connectivity index (χ1n) is 6.91. The molecule has 0 radical (unpaired) electrons. The van der Waals surface area contributed by atoms with Gasteiger partial charge >= 0.3 is 0 Å². The van der Waals surface area contributed by atoms with Crippen LogP contribution >= 0.6 is 11.3 Å². The van der Waals surface area contributed by atoms with Gasteiger partial charge in [0.2, 0.25) is 0 Å². The lowest BCUT2D eigenvalue weighted by molar-refractivity contribution is -0.000490. The van der Waals surface area contributed by atoms with Crippen LogP contribution in [0.2, 0.25) is 0 Å². The summed E-state index contributed by atoms with van der Waals surface area (Å²) in [6, 6.07) is 10.7. The summed E-state index contributed by atoms with van der Waals surface area (Å²) < 4.78 is 0. The van der Waals surface area contributed by atoms with Crippen LogP contribution in [0.3, 0.4) is 0 Å². The highest BCUT2D eigenvalue weighted by molar-refractivity contribution is 7.09. The minimum absolute atomic E-state index is 0.539. The Morgan fingerprint density at radius 3 is 2.58 bits per heavy atom. The molecule has 0 bridgehead atoms. The Morgan fingerprint density at radius 1 is 1.21 bits per heavy atom. The van der Waals surface area contributed by atoms with Gasteiger partial charge in [-0.25, -0.2) is 4.98 Å². The molecule has 3 heteroatoms. The number of hydrogen-bond donors (Lipinski definition) is 1. The molecule has 1 aromatic heterocycles. The minimum atomic E-state index is -0.539. The third kappa shape index (κ3) is 3.04. The fraction of sp³-hybridized carbons (Fsp3) is 0.438. The number of thiazole rings is 1. The molecule has 2 aromatic rings. The first kappa shape index (κ1) is 12.8. The second-order valence-corrected chi connectivity index (χ2v) is 6.49. The van der Waals surface area contributed by atoms with Gasteiger partial charge in [0.25, 0.3) is 0 Å². The van der Waals surface area contributed by atoms with Gasteiger partial charge in [-0.1, -0.05) is 30.3 Å². The number of benzene rings is 1. The Bertz CT molecular complexity index is 501. The van der Waals surface area contributed by atoms with Gasteiger partial charge in [0.15, 0.2) is 0 Å². The molecule has 2 nitrogen and oxygen atoms in total. The maximum absolute atomic E-state index is 10.7. The molecule has 0 unspecified atom stereocenters. The predicted molar refractivity (Wildman–Crippen MR) is 78.4 cm³/mol. The van der Waals surface area contributed by atoms with Crippen molar-refractivity contribution in [3.8, 4) is 0 Å². The van der Waals surface area contributed by atoms with Crippen LogP contribution in [0.4, 0.5) is 0 Å². The maximum Gasteiger partial charge on any atom is 0.0953 e. The largest absolute Gasteiger partial charge is 0.389 e. The zero-order valence-electron chi connectivity index (χ0n) is 11.0. The lowest BCUT2D eigenvalue weighted by Gasteiger charge is -2.35. The summed E-state index contributed by atoms with van der Waals surface area (Å²) in [5.74, 6) is 0.609. The Morgan fingerprint density at radius 2 is 1.95 bits per heavy atom. The van der Waals surface area contributed by atoms with E-state index in [-0.39, 0.29) is 0 Å². The molecule has 100 valence electrons. The van der Waals surface area contributed by atoms with Crippen LogP contribution in [0.1, 0.15) is 42.2 Å². The molecule has 1 N–H and O–H groups in total. The Kier molecular flexibility index (Phi) is 3.67. The molecule has 1 aliphatic rings. The fourth-order valence-electron chi connectivity index (χ4n) is 3.01. The van der Waals surface area contributed by atoms with Gasteiger partial charge in [0, 0.05) is 18.0 Å². The van der Waals surface area contributed by atoms with Gasteiger partial charge in [-0.3, -0.25) is 0 Å². The van der Waals surface area contributed by atoms with E-state index in [1.165, 1.54) is 5.56 Å². The predicted octanol–water partition coefficient (Wildman–Crippen LogP) is 3.77. The van der Waals surface area contributed by atoms with Crippen LogP contribution < -0.4 is 0 Å². The Labute approximate surface area is 118 Å². The van der Waals surface area contributed by atoms with Crippen molar-refractivity contribution < 1.29 is 5.11 Å². The zero-order valence-corrected chi connectivity index (χ0v) is 11.8. The number of rotatable bonds is 3. The van der Waals surface area contributed by atoms with E-state index in [0.29, 0.717) is 12.3 Å². The van der Waals surface area contributed by atoms with Gasteiger partial charge in [0.05, 0.1) is 10.6 Å². The van der Waals surface area contributed by atoms with Crippen LogP contribution in [0, 0.1) is 0 Å². The van der Waals surface area contributed by atoms with Crippen molar-refractivity contribution in [2.75, 3.05) is 0 Å². The summed E-state index contributed by atoms with van der Waals surface area (Å²) in [5, 5.41) is 13.7. The van der Waals surface area contributed by atoms with Crippen molar-refractivity contribution in [3.05, 3.63) is 52.5 Å². The molecule has 0 atom stereocenters. The summed E-state index contributed by atoms with van der Waals surface area (Å²) in [4.78, 5) is 4.29. The number of hydrogen-bond acceptors (Lipinski definition) is 3. The van der Waals surface area contributed by atoms with E-state index in [0.717, 1.165) is 30.7 Å². The smallest absolute Gasteiger partial charge is 0.0953 e. The number of aliphatic hydroxyl groups is 1. The van der Waals surface area contributed by atoms with E-state index in [4.69, 9.17) is 0 Å². The van der Waals surface area contributed by atoms with Gasteiger partial charge in [-0.15, -0.1) is 11.3 Å². The van der Waals surface area contributed by atoms with Crippen molar-refractivity contribution in [3.63, 3.8) is 0 Å². The molecule has 1 heterocycles. The quantitative estimate of drug-likeness (QED) is 0.923. The second-order valence-electron chi connectivity index (χ2n) is 5.51. The van der Waals surface area contributed by atoms with E-state index >= 15 is 0 Å². The number of aromatic nitrogens is 1. The summed E-state index contributed by atoms with van der Waals surface area (Å²) in [6.45, 7) is 0. The van der Waals surface area contributed by atoms with Crippen molar-refractivity contribution in [1.29, 1.82) is 0 Å². The highest BCUT2D eigenvalue weighted by atomic mass is 32.1. The summed E-state index contributed by atoms with van der Waals surface area (Å²) in [7, 11) is 0. The highest BCUT2D eigenvalue weighted by Gasteiger charge is 2.34. The van der Waals surface area contributed by atoms with Gasteiger partial charge in [-0.2, -0.15) is 0 Å². The Hall–Kier alpha value is -1.19. The minimum Gasteiger partial charge on any atom is -0.389 e. The molecule has 3 rings (SSSR count). The molecule has 1 saturated carbocycles. The van der Waals surface area contributed by atoms with Crippen LogP contribution in [-0.2, 0) is 6.42 Å². The van der Waals surface area contributed by atoms with Crippen molar-refractivity contribution >= 4 is 11.3 Å². The summed E-state index contributed by atoms with van der Waals surface area (Å²) >= 11 is 1.64. The van der Waals surface area contributed by atoms with E-state index in [2.05, 4.69) is 35.3 Å². The van der Waals surface area contributed by atoms with Gasteiger partial charge < -0.3 is 5.11 Å². The van der Waals surface area contributed by atoms with E-state index in [9.17, 15) is 5.11 Å². The fourth-order valence-corrected chi connectivity index (χ4v) is 3.76. The highest BCUT2D eigenvalue weighted by Crippen LogP contribution is 2.39. The normalized spacial score (nSPS) is 27.3. The third-order valence-electron chi connectivity index (χ3n) is 4.15. The summed E-state index contributed by atoms with van der Waals surface area (Å²) in [6.07, 6.45) is 6.45. The molecular weight excluding hydrogens is 254 g/mol. The first-order chi connectivity index (χ1) is 9.25. The van der Waals surface area contributed by atoms with Crippen molar-refractivity contribution in [2.24, 2.45) is 0 Å². The topological polar surface area (TPSA) is 33.1 Å². The number of nitrogens with zero attached hydrogens (tertiary/aromatic N) is 1. The average Bonchev–Trinajstić information content (AvgIpc) is 2.93. The standard InChI is InChI=1S/C16H19NOS/c18-16(12-15-17-10-11-19-15)8-6-14(7-9-16)13-4-2-1-3-5-13/h1-5,10-11,14,18H,6-9,12H2. The van der Waals surface area contributed by atoms with Crippen LogP contribution in [-0.4, -0.2) is 15.7 Å². The van der Waals surface area contributed by atoms with Crippen LogP contribution in [0.5, 0.6) is 0 Å². The van der Waals surface area contributed by atoms with E-state index in [1.807, 2.05) is 11.6 Å². The molecule has 1 aliphatic carbocycles. The lowest BCUT2D eigenvalue weighted by atomic mass is 9.75. The average molecular weight is 273 g/mol. The molecule has 19 heavy (non-hydrogen) atoms. The van der Waals surface area contributed by atoms with E-state index < -0.39 is 5.60 Å². The Balaban J connectivity index is 1.62. The zero-order chi connectivity index (χ0) is 13.1. The molecule has 0 aliphatic heterocycles. The molecule has 0 spiro atoms. The van der Waals surface area contributed by atoms with Crippen LogP contribution in [0.15, 0.2) is 41.9 Å².